The summed E-state index contributed by atoms with van der Waals surface area (Å²) in [6.45, 7) is 2.98. The van der Waals surface area contributed by atoms with Crippen molar-refractivity contribution < 1.29 is 5.11 Å². The third kappa shape index (κ3) is 6.28. The van der Waals surface area contributed by atoms with E-state index in [0.717, 1.165) is 19.4 Å². The minimum absolute atomic E-state index is 0.0699. The molecule has 0 aromatic rings. The molecule has 0 amide bonds. The second-order valence-electron chi connectivity index (χ2n) is 3.72. The zero-order valence-corrected chi connectivity index (χ0v) is 7.80. The van der Waals surface area contributed by atoms with Crippen molar-refractivity contribution in [2.45, 2.75) is 25.3 Å². The summed E-state index contributed by atoms with van der Waals surface area (Å²) in [6, 6.07) is 0. The van der Waals surface area contributed by atoms with Crippen LogP contribution in [0.5, 0.6) is 0 Å². The Morgan fingerprint density at radius 1 is 1.45 bits per heavy atom. The molecule has 3 nitrogen and oxygen atoms in total. The second-order valence-corrected chi connectivity index (χ2v) is 3.72. The van der Waals surface area contributed by atoms with Crippen molar-refractivity contribution in [1.82, 2.24) is 4.90 Å². The van der Waals surface area contributed by atoms with Crippen molar-refractivity contribution in [3.63, 3.8) is 0 Å². The molecule has 0 fully saturated rings. The van der Waals surface area contributed by atoms with E-state index in [1.54, 1.807) is 0 Å². The van der Waals surface area contributed by atoms with Crippen molar-refractivity contribution in [2.75, 3.05) is 27.2 Å². The van der Waals surface area contributed by atoms with Gasteiger partial charge >= 0.3 is 0 Å². The molecule has 0 radical (unpaired) electrons. The van der Waals surface area contributed by atoms with Gasteiger partial charge in [-0.2, -0.15) is 0 Å². The lowest BCUT2D eigenvalue weighted by molar-refractivity contribution is 0.194. The van der Waals surface area contributed by atoms with E-state index >= 15 is 0 Å². The van der Waals surface area contributed by atoms with E-state index in [9.17, 15) is 0 Å². The van der Waals surface area contributed by atoms with Crippen LogP contribution in [0.2, 0.25) is 0 Å². The van der Waals surface area contributed by atoms with Gasteiger partial charge in [0.15, 0.2) is 0 Å². The Balaban J connectivity index is 3.38. The molecule has 0 spiro atoms. The average molecular weight is 160 g/mol. The highest BCUT2D eigenvalue weighted by atomic mass is 16.3. The number of nitrogens with zero attached hydrogens (tertiary/aromatic N) is 1. The molecular weight excluding hydrogens is 140 g/mol. The van der Waals surface area contributed by atoms with Crippen molar-refractivity contribution >= 4 is 0 Å². The van der Waals surface area contributed by atoms with Gasteiger partial charge in [-0.3, -0.25) is 0 Å². The Labute approximate surface area is 69.2 Å². The summed E-state index contributed by atoms with van der Waals surface area (Å²) in [5.41, 5.74) is 5.34. The van der Waals surface area contributed by atoms with Gasteiger partial charge in [0.05, 0.1) is 6.61 Å². The first-order valence-electron chi connectivity index (χ1n) is 4.02. The third-order valence-corrected chi connectivity index (χ3v) is 1.71. The number of nitrogens with two attached hydrogens (primary N) is 1. The smallest absolute Gasteiger partial charge is 0.0608 e. The van der Waals surface area contributed by atoms with Crippen LogP contribution >= 0.6 is 0 Å². The highest BCUT2D eigenvalue weighted by Crippen LogP contribution is 2.07. The van der Waals surface area contributed by atoms with Crippen LogP contribution in [-0.4, -0.2) is 42.8 Å². The first-order valence-corrected chi connectivity index (χ1v) is 4.02. The summed E-state index contributed by atoms with van der Waals surface area (Å²) in [4.78, 5) is 2.12. The molecule has 0 aromatic carbocycles. The predicted octanol–water partition coefficient (Wildman–Crippen LogP) is 0.0379. The van der Waals surface area contributed by atoms with Crippen LogP contribution in [0.1, 0.15) is 19.8 Å². The highest BCUT2D eigenvalue weighted by molar-refractivity contribution is 4.76. The Morgan fingerprint density at radius 2 is 2.00 bits per heavy atom. The van der Waals surface area contributed by atoms with E-state index in [4.69, 9.17) is 10.8 Å². The molecule has 0 aliphatic rings. The molecule has 0 rings (SSSR count). The summed E-state index contributed by atoms with van der Waals surface area (Å²) in [5, 5.41) is 8.82. The van der Waals surface area contributed by atoms with Gasteiger partial charge in [0.25, 0.3) is 0 Å². The maximum atomic E-state index is 8.82. The van der Waals surface area contributed by atoms with Crippen LogP contribution in [0.4, 0.5) is 0 Å². The monoisotopic (exact) mass is 160 g/mol. The fourth-order valence-electron chi connectivity index (χ4n) is 0.878. The largest absolute Gasteiger partial charge is 0.394 e. The van der Waals surface area contributed by atoms with Gasteiger partial charge in [-0.25, -0.2) is 0 Å². The van der Waals surface area contributed by atoms with Crippen LogP contribution in [0.25, 0.3) is 0 Å². The van der Waals surface area contributed by atoms with Crippen LogP contribution in [0, 0.1) is 0 Å². The maximum Gasteiger partial charge on any atom is 0.0608 e. The summed E-state index contributed by atoms with van der Waals surface area (Å²) in [6.07, 6.45) is 1.92. The lowest BCUT2D eigenvalue weighted by Crippen LogP contribution is -2.40. The molecule has 3 heteroatoms. The minimum atomic E-state index is -0.393. The van der Waals surface area contributed by atoms with E-state index in [-0.39, 0.29) is 6.61 Å². The number of hydrogen-bond donors (Lipinski definition) is 2. The molecular formula is C8H20N2O. The topological polar surface area (TPSA) is 49.5 Å². The molecule has 1 atom stereocenters. The number of aliphatic hydroxyl groups excluding tert-OH is 1. The Bertz CT molecular complexity index is 102. The molecule has 0 aromatic heterocycles. The SMILES string of the molecule is CN(C)CCCC(C)(N)CO. The molecule has 0 heterocycles. The minimum Gasteiger partial charge on any atom is -0.394 e. The van der Waals surface area contributed by atoms with Crippen molar-refractivity contribution in [3.05, 3.63) is 0 Å². The number of rotatable bonds is 5. The van der Waals surface area contributed by atoms with Gasteiger partial charge in [0.1, 0.15) is 0 Å². The first-order chi connectivity index (χ1) is 4.98. The van der Waals surface area contributed by atoms with E-state index in [1.165, 1.54) is 0 Å². The predicted molar refractivity (Wildman–Crippen MR) is 47.5 cm³/mol. The van der Waals surface area contributed by atoms with Gasteiger partial charge in [-0.1, -0.05) is 0 Å². The standard InChI is InChI=1S/C8H20N2O/c1-8(9,7-11)5-4-6-10(2)3/h11H,4-7,9H2,1-3H3. The molecule has 1 unspecified atom stereocenters. The lowest BCUT2D eigenvalue weighted by Gasteiger charge is -2.22. The molecule has 0 saturated carbocycles. The molecule has 11 heavy (non-hydrogen) atoms. The Hall–Kier alpha value is -0.120. The van der Waals surface area contributed by atoms with E-state index in [0.29, 0.717) is 0 Å². The summed E-state index contributed by atoms with van der Waals surface area (Å²) in [7, 11) is 4.07. The van der Waals surface area contributed by atoms with Crippen LogP contribution in [-0.2, 0) is 0 Å². The molecule has 0 bridgehead atoms. The van der Waals surface area contributed by atoms with Crippen molar-refractivity contribution in [2.24, 2.45) is 5.73 Å². The van der Waals surface area contributed by atoms with Gasteiger partial charge in [-0.15, -0.1) is 0 Å². The third-order valence-electron chi connectivity index (χ3n) is 1.71. The van der Waals surface area contributed by atoms with Crippen molar-refractivity contribution in [1.29, 1.82) is 0 Å². The first kappa shape index (κ1) is 10.9. The summed E-state index contributed by atoms with van der Waals surface area (Å²) >= 11 is 0. The van der Waals surface area contributed by atoms with Gasteiger partial charge in [-0.05, 0) is 40.4 Å². The number of hydrogen-bond acceptors (Lipinski definition) is 3. The summed E-state index contributed by atoms with van der Waals surface area (Å²) < 4.78 is 0. The van der Waals surface area contributed by atoms with Crippen LogP contribution < -0.4 is 5.73 Å². The van der Waals surface area contributed by atoms with Gasteiger partial charge < -0.3 is 15.7 Å². The van der Waals surface area contributed by atoms with Crippen LogP contribution in [0.3, 0.4) is 0 Å². The molecule has 68 valence electrons. The Morgan fingerprint density at radius 3 is 2.36 bits per heavy atom. The van der Waals surface area contributed by atoms with Gasteiger partial charge in [0.2, 0.25) is 0 Å². The molecule has 0 aliphatic heterocycles. The highest BCUT2D eigenvalue weighted by Gasteiger charge is 2.15. The fourth-order valence-corrected chi connectivity index (χ4v) is 0.878. The fraction of sp³-hybridized carbons (Fsp3) is 1.00. The summed E-state index contributed by atoms with van der Waals surface area (Å²) in [5.74, 6) is 0. The Kier molecular flexibility index (Phi) is 4.65. The van der Waals surface area contributed by atoms with Gasteiger partial charge in [0, 0.05) is 5.54 Å². The normalized spacial score (nSPS) is 16.9. The van der Waals surface area contributed by atoms with E-state index in [1.807, 2.05) is 21.0 Å². The van der Waals surface area contributed by atoms with E-state index < -0.39 is 5.54 Å². The van der Waals surface area contributed by atoms with Crippen LogP contribution in [0.15, 0.2) is 0 Å². The average Bonchev–Trinajstić information content (AvgIpc) is 1.87. The lowest BCUT2D eigenvalue weighted by atomic mass is 9.98. The molecule has 0 saturated heterocycles. The zero-order chi connectivity index (χ0) is 8.91. The van der Waals surface area contributed by atoms with Crippen molar-refractivity contribution in [3.8, 4) is 0 Å². The van der Waals surface area contributed by atoms with E-state index in [2.05, 4.69) is 4.90 Å². The second kappa shape index (κ2) is 4.70. The number of aliphatic hydroxyl groups is 1. The molecule has 3 N–H and O–H groups in total. The quantitative estimate of drug-likeness (QED) is 0.597. The maximum absolute atomic E-state index is 8.82. The molecule has 0 aliphatic carbocycles. The zero-order valence-electron chi connectivity index (χ0n) is 7.80.